The molecule has 6 nitrogen and oxygen atoms in total. The summed E-state index contributed by atoms with van der Waals surface area (Å²) in [4.78, 5) is 31.6. The third kappa shape index (κ3) is 19.5. The molecule has 2 aromatic rings. The van der Waals surface area contributed by atoms with Crippen LogP contribution < -0.4 is 10.2 Å². The van der Waals surface area contributed by atoms with E-state index in [9.17, 15) is 19.8 Å². The topological polar surface area (TPSA) is 106 Å². The summed E-state index contributed by atoms with van der Waals surface area (Å²) in [7, 11) is 0. The van der Waals surface area contributed by atoms with Crippen LogP contribution in [0.3, 0.4) is 0 Å². The minimum absolute atomic E-state index is 0. The number of thioether (sulfide) groups is 16. The molecule has 4 aliphatic heterocycles. The van der Waals surface area contributed by atoms with Crippen LogP contribution in [0, 0.1) is 0 Å². The van der Waals surface area contributed by atoms with Gasteiger partial charge < -0.3 is 10.2 Å². The Morgan fingerprint density at radius 3 is 0.770 bits per heavy atom. The molecule has 0 amide bonds. The summed E-state index contributed by atoms with van der Waals surface area (Å²) < 4.78 is 14.9. The van der Waals surface area contributed by atoms with Crippen molar-refractivity contribution in [1.82, 2.24) is 9.97 Å². The van der Waals surface area contributed by atoms with Crippen molar-refractivity contribution < 1.29 is 39.3 Å². The number of Topliss-reactive ketones (excluding diaryl/α,β-unsaturated/α-hetero) is 2. The number of pyridine rings is 2. The SMILES string of the molecule is CSC1=C(SC)SC(=C2SC(SC)=C(S/C(C(C)=O)=C(\C)[O-])S2)S1.CSC1=C(SC)SC(=C2SC(SC)=C(S/C(C(C)=O)=C(\C)[O-])S2)S1.[Zn+2].c1ccncc1.c1ccncc1. The molecule has 0 atom stereocenters. The van der Waals surface area contributed by atoms with Crippen molar-refractivity contribution in [2.45, 2.75) is 27.7 Å². The number of rotatable bonds is 12. The largest absolute Gasteiger partial charge is 2.00 e. The van der Waals surface area contributed by atoms with E-state index in [1.165, 1.54) is 85.1 Å². The molecule has 0 saturated heterocycles. The molecule has 6 heterocycles. The molecular weight excluding hydrogens is 1130 g/mol. The fourth-order valence-electron chi connectivity index (χ4n) is 3.89. The minimum atomic E-state index is -0.159. The quantitative estimate of drug-likeness (QED) is 0.114. The summed E-state index contributed by atoms with van der Waals surface area (Å²) in [5, 5.41) is 23.4. The summed E-state index contributed by atoms with van der Waals surface area (Å²) in [5.41, 5.74) is 0. The van der Waals surface area contributed by atoms with Crippen molar-refractivity contribution in [3.8, 4) is 0 Å². The average molecular weight is 1170 g/mol. The molecule has 6 rings (SSSR count). The van der Waals surface area contributed by atoms with E-state index in [-0.39, 0.29) is 42.6 Å². The molecular formula is C38H40N2O4S16Zn. The van der Waals surface area contributed by atoms with E-state index >= 15 is 0 Å². The molecule has 0 bridgehead atoms. The molecule has 0 radical (unpaired) electrons. The van der Waals surface area contributed by atoms with Crippen molar-refractivity contribution in [3.05, 3.63) is 133 Å². The summed E-state index contributed by atoms with van der Waals surface area (Å²) in [6.07, 6.45) is 19.5. The predicted molar refractivity (Wildman–Crippen MR) is 294 cm³/mol. The first kappa shape index (κ1) is 58.5. The first-order valence-corrected chi connectivity index (χ1v) is 32.3. The van der Waals surface area contributed by atoms with Gasteiger partial charge in [-0.15, -0.1) is 82.1 Å². The van der Waals surface area contributed by atoms with Crippen LogP contribution in [0.4, 0.5) is 0 Å². The number of aromatic nitrogens is 2. The van der Waals surface area contributed by atoms with E-state index in [0.717, 1.165) is 16.9 Å². The molecule has 61 heavy (non-hydrogen) atoms. The zero-order valence-electron chi connectivity index (χ0n) is 34.5. The molecule has 2 aromatic heterocycles. The standard InChI is InChI=1S/2C14H16O2S8.2C5H5N.Zn/c2*1-6(15)8(7(2)16)20-12-11(19-5)23-14(24-12)13-21-9(17-3)10(18-4)22-13;2*1-2-4-6-5-3-1;/h2*15H,1-5H3;2*1-5H;/q;;;;+2/p-2/b2*8-6+;;;. The molecule has 0 aromatic carbocycles. The average Bonchev–Trinajstić information content (AvgIpc) is 4.07. The molecule has 0 unspecified atom stereocenters. The summed E-state index contributed by atoms with van der Waals surface area (Å²) in [6, 6.07) is 11.4. The van der Waals surface area contributed by atoms with Gasteiger partial charge >= 0.3 is 19.5 Å². The molecule has 324 valence electrons. The van der Waals surface area contributed by atoms with Gasteiger partial charge in [-0.3, -0.25) is 19.6 Å². The van der Waals surface area contributed by atoms with E-state index in [4.69, 9.17) is 0 Å². The molecule has 0 spiro atoms. The van der Waals surface area contributed by atoms with Crippen molar-refractivity contribution in [3.63, 3.8) is 0 Å². The van der Waals surface area contributed by atoms with Gasteiger partial charge in [0.15, 0.2) is 11.6 Å². The molecule has 0 N–H and O–H groups in total. The smallest absolute Gasteiger partial charge is 0.875 e. The monoisotopic (exact) mass is 1160 g/mol. The Bertz CT molecular complexity index is 1840. The number of ketones is 2. The minimum Gasteiger partial charge on any atom is -0.875 e. The number of allylic oxidation sites excluding steroid dienone is 4. The number of hydrogen-bond donors (Lipinski definition) is 0. The Morgan fingerprint density at radius 2 is 0.623 bits per heavy atom. The zero-order valence-corrected chi connectivity index (χ0v) is 50.6. The third-order valence-corrected chi connectivity index (χ3v) is 29.0. The normalized spacial score (nSPS) is 17.0. The van der Waals surface area contributed by atoms with Crippen LogP contribution in [0.5, 0.6) is 0 Å². The molecule has 4 aliphatic rings. The van der Waals surface area contributed by atoms with Gasteiger partial charge in [0.25, 0.3) is 0 Å². The second kappa shape index (κ2) is 32.2. The van der Waals surface area contributed by atoms with Gasteiger partial charge in [0.05, 0.1) is 50.8 Å². The third-order valence-electron chi connectivity index (χ3n) is 6.40. The van der Waals surface area contributed by atoms with Crippen LogP contribution in [-0.2, 0) is 29.1 Å². The summed E-state index contributed by atoms with van der Waals surface area (Å²) in [5.74, 6) is -0.638. The maximum Gasteiger partial charge on any atom is 2.00 e. The van der Waals surface area contributed by atoms with Crippen molar-refractivity contribution >= 4 is 200 Å². The molecule has 0 saturated carbocycles. The zero-order chi connectivity index (χ0) is 44.2. The number of carbonyl (C=O) groups is 2. The number of nitrogens with zero attached hydrogens (tertiary/aromatic N) is 2. The van der Waals surface area contributed by atoms with E-state index in [1.807, 2.05) is 96.0 Å². The Labute approximate surface area is 441 Å². The van der Waals surface area contributed by atoms with Crippen LogP contribution in [-0.4, -0.2) is 59.1 Å². The van der Waals surface area contributed by atoms with E-state index < -0.39 is 0 Å². The van der Waals surface area contributed by atoms with Gasteiger partial charge in [0, 0.05) is 34.6 Å². The van der Waals surface area contributed by atoms with Gasteiger partial charge in [-0.25, -0.2) is 0 Å². The first-order valence-electron chi connectivity index (χ1n) is 16.8. The second-order valence-electron chi connectivity index (χ2n) is 10.6. The Morgan fingerprint density at radius 1 is 0.410 bits per heavy atom. The van der Waals surface area contributed by atoms with Crippen molar-refractivity contribution in [2.75, 3.05) is 37.5 Å². The van der Waals surface area contributed by atoms with Crippen LogP contribution in [0.15, 0.2) is 133 Å². The van der Waals surface area contributed by atoms with Gasteiger partial charge in [0.1, 0.15) is 0 Å². The summed E-state index contributed by atoms with van der Waals surface area (Å²) >= 11 is 27.3. The fraction of sp³-hybridized carbons (Fsp3) is 0.263. The fourth-order valence-corrected chi connectivity index (χ4v) is 25.0. The van der Waals surface area contributed by atoms with Crippen LogP contribution >= 0.6 is 188 Å². The van der Waals surface area contributed by atoms with E-state index in [1.54, 1.807) is 142 Å². The summed E-state index contributed by atoms with van der Waals surface area (Å²) in [6.45, 7) is 5.82. The first-order chi connectivity index (χ1) is 28.8. The molecule has 0 aliphatic carbocycles. The van der Waals surface area contributed by atoms with Gasteiger partial charge in [-0.1, -0.05) is 144 Å². The Balaban J connectivity index is 0.000000324. The van der Waals surface area contributed by atoms with E-state index in [2.05, 4.69) is 35.0 Å². The predicted octanol–water partition coefficient (Wildman–Crippen LogP) is 14.8. The van der Waals surface area contributed by atoms with E-state index in [0.29, 0.717) is 9.81 Å². The van der Waals surface area contributed by atoms with Crippen LogP contribution in [0.25, 0.3) is 0 Å². The number of hydrogen-bond acceptors (Lipinski definition) is 22. The van der Waals surface area contributed by atoms with Gasteiger partial charge in [-0.2, -0.15) is 0 Å². The maximum absolute atomic E-state index is 11.7. The van der Waals surface area contributed by atoms with Gasteiger partial charge in [-0.05, 0) is 75.6 Å². The number of carbonyl (C=O) groups excluding carboxylic acids is 2. The second-order valence-corrected chi connectivity index (χ2v) is 28.8. The molecule has 0 fully saturated rings. The van der Waals surface area contributed by atoms with Crippen LogP contribution in [0.2, 0.25) is 0 Å². The molecule has 23 heteroatoms. The van der Waals surface area contributed by atoms with Crippen molar-refractivity contribution in [2.24, 2.45) is 0 Å². The van der Waals surface area contributed by atoms with Crippen LogP contribution in [0.1, 0.15) is 27.7 Å². The Kier molecular flexibility index (Phi) is 30.9. The Hall–Kier alpha value is 1.38. The maximum atomic E-state index is 11.7. The van der Waals surface area contributed by atoms with Gasteiger partial charge in [0.2, 0.25) is 0 Å². The van der Waals surface area contributed by atoms with Crippen molar-refractivity contribution in [1.29, 1.82) is 0 Å².